The minimum absolute atomic E-state index is 0.0575. The topological polar surface area (TPSA) is 48.5 Å². The Kier molecular flexibility index (Phi) is 4.66. The van der Waals surface area contributed by atoms with E-state index in [0.29, 0.717) is 6.42 Å². The Bertz CT molecular complexity index is 619. The molecule has 23 heavy (non-hydrogen) atoms. The number of nitrogens with zero attached hydrogens (tertiary/aromatic N) is 3. The van der Waals surface area contributed by atoms with Crippen LogP contribution in [-0.2, 0) is 4.79 Å². The van der Waals surface area contributed by atoms with Gasteiger partial charge >= 0.3 is 0 Å². The quantitative estimate of drug-likeness (QED) is 0.907. The van der Waals surface area contributed by atoms with Crippen LogP contribution in [0, 0.1) is 0 Å². The summed E-state index contributed by atoms with van der Waals surface area (Å²) in [7, 11) is 0. The fraction of sp³-hybridized carbons (Fsp3) is 0.556. The van der Waals surface area contributed by atoms with Crippen molar-refractivity contribution in [3.63, 3.8) is 0 Å². The highest BCUT2D eigenvalue weighted by Gasteiger charge is 2.34. The Morgan fingerprint density at radius 2 is 2.09 bits per heavy atom. The molecule has 1 aromatic rings. The molecule has 124 valence electrons. The molecular weight excluding hydrogens is 288 g/mol. The van der Waals surface area contributed by atoms with Crippen LogP contribution in [-0.4, -0.2) is 41.6 Å². The van der Waals surface area contributed by atoms with E-state index in [1.54, 1.807) is 0 Å². The smallest absolute Gasteiger partial charge is 0.224 e. The van der Waals surface area contributed by atoms with Gasteiger partial charge in [-0.2, -0.15) is 0 Å². The number of hydrogen-bond acceptors (Lipinski definition) is 4. The number of fused-ring (bicyclic) bond motifs is 2. The number of aromatic nitrogens is 1. The lowest BCUT2D eigenvalue weighted by Gasteiger charge is -2.42. The Labute approximate surface area is 138 Å². The summed E-state index contributed by atoms with van der Waals surface area (Å²) in [6.07, 6.45) is 4.55. The van der Waals surface area contributed by atoms with Gasteiger partial charge in [0.05, 0.1) is 19.0 Å². The number of carbonyl (C=O) groups is 1. The van der Waals surface area contributed by atoms with Crippen molar-refractivity contribution in [3.05, 3.63) is 29.5 Å². The van der Waals surface area contributed by atoms with Crippen LogP contribution < -0.4 is 10.3 Å². The first kappa shape index (κ1) is 16.0. The molecule has 3 heterocycles. The van der Waals surface area contributed by atoms with Gasteiger partial charge in [-0.3, -0.25) is 9.80 Å². The van der Waals surface area contributed by atoms with Crippen LogP contribution in [0.25, 0.3) is 5.57 Å². The first-order chi connectivity index (χ1) is 11.2. The average Bonchev–Trinajstić information content (AvgIpc) is 2.53. The summed E-state index contributed by atoms with van der Waals surface area (Å²) < 4.78 is 0. The van der Waals surface area contributed by atoms with Crippen LogP contribution >= 0.6 is 0 Å². The van der Waals surface area contributed by atoms with Gasteiger partial charge in [-0.15, -0.1) is 0 Å². The number of pyridine rings is 1. The second-order valence-corrected chi connectivity index (χ2v) is 6.37. The van der Waals surface area contributed by atoms with Crippen LogP contribution in [0.15, 0.2) is 23.9 Å². The summed E-state index contributed by atoms with van der Waals surface area (Å²) in [6.45, 7) is 9.26. The Morgan fingerprint density at radius 1 is 1.35 bits per heavy atom. The molecule has 1 unspecified atom stereocenters. The molecule has 0 saturated heterocycles. The van der Waals surface area contributed by atoms with Crippen molar-refractivity contribution in [1.29, 1.82) is 0 Å². The Balaban J connectivity index is 2.04. The second kappa shape index (κ2) is 6.71. The van der Waals surface area contributed by atoms with E-state index in [4.69, 9.17) is 0 Å². The number of carbonyl (C=O) groups excluding carboxylic acids is 1. The lowest BCUT2D eigenvalue weighted by molar-refractivity contribution is -0.121. The Morgan fingerprint density at radius 3 is 2.78 bits per heavy atom. The number of anilines is 1. The third-order valence-corrected chi connectivity index (χ3v) is 4.53. The molecule has 3 rings (SSSR count). The van der Waals surface area contributed by atoms with Gasteiger partial charge in [-0.1, -0.05) is 13.8 Å². The number of hydrogen-bond donors (Lipinski definition) is 1. The third-order valence-electron chi connectivity index (χ3n) is 4.53. The molecule has 5 heteroatoms. The summed E-state index contributed by atoms with van der Waals surface area (Å²) in [5, 5.41) is 7.72. The first-order valence-electron chi connectivity index (χ1n) is 8.64. The molecule has 0 radical (unpaired) electrons. The second-order valence-electron chi connectivity index (χ2n) is 6.37. The van der Waals surface area contributed by atoms with Crippen molar-refractivity contribution in [3.8, 4) is 0 Å². The minimum atomic E-state index is 0.0575. The minimum Gasteiger partial charge on any atom is -0.349 e. The van der Waals surface area contributed by atoms with E-state index in [1.165, 1.54) is 16.7 Å². The summed E-state index contributed by atoms with van der Waals surface area (Å²) in [5.41, 5.74) is 3.66. The molecular formula is C18H26N4O. The van der Waals surface area contributed by atoms with Crippen LogP contribution in [0.4, 0.5) is 5.82 Å². The monoisotopic (exact) mass is 314 g/mol. The molecule has 5 nitrogen and oxygen atoms in total. The fourth-order valence-electron chi connectivity index (χ4n) is 3.70. The predicted molar refractivity (Wildman–Crippen MR) is 92.9 cm³/mol. The van der Waals surface area contributed by atoms with Crippen molar-refractivity contribution >= 4 is 17.3 Å². The van der Waals surface area contributed by atoms with Gasteiger partial charge < -0.3 is 5.32 Å². The van der Waals surface area contributed by atoms with Crippen molar-refractivity contribution in [2.45, 2.75) is 46.1 Å². The highest BCUT2D eigenvalue weighted by molar-refractivity contribution is 5.93. The zero-order chi connectivity index (χ0) is 16.4. The van der Waals surface area contributed by atoms with E-state index in [1.807, 2.05) is 12.3 Å². The van der Waals surface area contributed by atoms with E-state index >= 15 is 0 Å². The standard InChI is InChI=1S/C18H26N4O/c1-4-9-21(10-5-2)22-12-14-11-16(23)20-13(3)17(14)15-7-6-8-19-18(15)22/h6-8,13H,4-5,9-12H2,1-3H3,(H,20,23). The van der Waals surface area contributed by atoms with Crippen LogP contribution in [0.5, 0.6) is 0 Å². The molecule has 1 aromatic heterocycles. The largest absolute Gasteiger partial charge is 0.349 e. The highest BCUT2D eigenvalue weighted by atomic mass is 16.1. The zero-order valence-electron chi connectivity index (χ0n) is 14.3. The van der Waals surface area contributed by atoms with Gasteiger partial charge in [-0.25, -0.2) is 9.99 Å². The molecule has 1 N–H and O–H groups in total. The first-order valence-corrected chi connectivity index (χ1v) is 8.64. The average molecular weight is 314 g/mol. The number of nitrogens with one attached hydrogen (secondary N) is 1. The lowest BCUT2D eigenvalue weighted by Crippen LogP contribution is -2.50. The normalized spacial score (nSPS) is 20.4. The summed E-state index contributed by atoms with van der Waals surface area (Å²) in [4.78, 5) is 16.6. The number of hydrazine groups is 1. The van der Waals surface area contributed by atoms with E-state index in [9.17, 15) is 4.79 Å². The zero-order valence-corrected chi connectivity index (χ0v) is 14.3. The SMILES string of the molecule is CCCN(CCC)N1CC2=C(c3cccnc31)C(C)NC(=O)C2. The summed E-state index contributed by atoms with van der Waals surface area (Å²) >= 11 is 0. The molecule has 0 spiro atoms. The van der Waals surface area contributed by atoms with Crippen LogP contribution in [0.3, 0.4) is 0 Å². The molecule has 2 aliphatic heterocycles. The highest BCUT2D eigenvalue weighted by Crippen LogP contribution is 2.38. The molecule has 0 bridgehead atoms. The Hall–Kier alpha value is -1.88. The lowest BCUT2D eigenvalue weighted by atomic mass is 9.87. The fourth-order valence-corrected chi connectivity index (χ4v) is 3.70. The van der Waals surface area contributed by atoms with Gasteiger partial charge in [0.15, 0.2) is 5.82 Å². The van der Waals surface area contributed by atoms with Gasteiger partial charge in [0, 0.05) is 24.8 Å². The van der Waals surface area contributed by atoms with Crippen LogP contribution in [0.2, 0.25) is 0 Å². The molecule has 0 fully saturated rings. The van der Waals surface area contributed by atoms with Crippen LogP contribution in [0.1, 0.15) is 45.6 Å². The van der Waals surface area contributed by atoms with Crippen molar-refractivity contribution in [1.82, 2.24) is 15.3 Å². The van der Waals surface area contributed by atoms with Gasteiger partial charge in [-0.05, 0) is 43.0 Å². The van der Waals surface area contributed by atoms with Crippen molar-refractivity contribution in [2.75, 3.05) is 24.6 Å². The summed E-state index contributed by atoms with van der Waals surface area (Å²) in [6, 6.07) is 4.18. The number of amides is 1. The summed E-state index contributed by atoms with van der Waals surface area (Å²) in [5.74, 6) is 1.15. The molecule has 1 atom stereocenters. The van der Waals surface area contributed by atoms with E-state index in [-0.39, 0.29) is 11.9 Å². The third kappa shape index (κ3) is 2.98. The maximum atomic E-state index is 12.0. The molecule has 1 amide bonds. The van der Waals surface area contributed by atoms with Crippen molar-refractivity contribution in [2.24, 2.45) is 0 Å². The molecule has 0 saturated carbocycles. The van der Waals surface area contributed by atoms with E-state index in [0.717, 1.165) is 38.3 Å². The van der Waals surface area contributed by atoms with E-state index < -0.39 is 0 Å². The predicted octanol–water partition coefficient (Wildman–Crippen LogP) is 2.60. The van der Waals surface area contributed by atoms with Gasteiger partial charge in [0.25, 0.3) is 0 Å². The van der Waals surface area contributed by atoms with E-state index in [2.05, 4.69) is 47.2 Å². The van der Waals surface area contributed by atoms with Gasteiger partial charge in [0.2, 0.25) is 5.91 Å². The molecule has 0 aromatic carbocycles. The van der Waals surface area contributed by atoms with Gasteiger partial charge in [0.1, 0.15) is 0 Å². The maximum Gasteiger partial charge on any atom is 0.224 e. The molecule has 0 aliphatic carbocycles. The molecule has 2 aliphatic rings. The number of rotatable bonds is 5. The maximum absolute atomic E-state index is 12.0. The van der Waals surface area contributed by atoms with Crippen molar-refractivity contribution < 1.29 is 4.79 Å².